The summed E-state index contributed by atoms with van der Waals surface area (Å²) < 4.78 is 19.0. The van der Waals surface area contributed by atoms with Gasteiger partial charge in [-0.3, -0.25) is 0 Å². The molecular weight excluding hydrogens is 265 g/mol. The number of benzene rings is 2. The monoisotopic (exact) mass is 279 g/mol. The normalized spacial score (nSPS) is 12.2. The van der Waals surface area contributed by atoms with Gasteiger partial charge in [-0.05, 0) is 29.7 Å². The van der Waals surface area contributed by atoms with E-state index in [1.165, 1.54) is 7.11 Å². The van der Waals surface area contributed by atoms with Crippen molar-refractivity contribution < 1.29 is 9.13 Å². The zero-order valence-electron chi connectivity index (χ0n) is 10.6. The van der Waals surface area contributed by atoms with Crippen molar-refractivity contribution in [2.45, 2.75) is 12.5 Å². The molecule has 0 amide bonds. The number of hydrogen-bond acceptors (Lipinski definition) is 2. The zero-order chi connectivity index (χ0) is 13.8. The van der Waals surface area contributed by atoms with Crippen molar-refractivity contribution in [1.29, 1.82) is 0 Å². The first-order chi connectivity index (χ1) is 9.13. The Morgan fingerprint density at radius 2 is 1.95 bits per heavy atom. The molecule has 4 heteroatoms. The summed E-state index contributed by atoms with van der Waals surface area (Å²) in [4.78, 5) is 0. The van der Waals surface area contributed by atoms with Crippen LogP contribution in [0.15, 0.2) is 42.5 Å². The SMILES string of the molecule is COc1cccc(CC(N)c2ccccc2Cl)c1F. The second-order valence-corrected chi connectivity index (χ2v) is 4.67. The molecule has 2 nitrogen and oxygen atoms in total. The molecule has 1 unspecified atom stereocenters. The van der Waals surface area contributed by atoms with E-state index in [0.717, 1.165) is 5.56 Å². The van der Waals surface area contributed by atoms with Gasteiger partial charge >= 0.3 is 0 Å². The van der Waals surface area contributed by atoms with Crippen molar-refractivity contribution >= 4 is 11.6 Å². The molecule has 100 valence electrons. The molecule has 0 fully saturated rings. The summed E-state index contributed by atoms with van der Waals surface area (Å²) >= 11 is 6.09. The lowest BCUT2D eigenvalue weighted by Gasteiger charge is -2.15. The van der Waals surface area contributed by atoms with Crippen molar-refractivity contribution in [2.24, 2.45) is 5.73 Å². The van der Waals surface area contributed by atoms with Gasteiger partial charge < -0.3 is 10.5 Å². The highest BCUT2D eigenvalue weighted by molar-refractivity contribution is 6.31. The summed E-state index contributed by atoms with van der Waals surface area (Å²) in [5.74, 6) is -0.142. The maximum atomic E-state index is 14.0. The summed E-state index contributed by atoms with van der Waals surface area (Å²) in [6.45, 7) is 0. The van der Waals surface area contributed by atoms with E-state index in [4.69, 9.17) is 22.1 Å². The van der Waals surface area contributed by atoms with Gasteiger partial charge in [-0.25, -0.2) is 4.39 Å². The van der Waals surface area contributed by atoms with Crippen LogP contribution in [0.4, 0.5) is 4.39 Å². The lowest BCUT2D eigenvalue weighted by molar-refractivity contribution is 0.383. The van der Waals surface area contributed by atoms with Gasteiger partial charge in [0.25, 0.3) is 0 Å². The van der Waals surface area contributed by atoms with Gasteiger partial charge in [-0.2, -0.15) is 0 Å². The molecule has 2 N–H and O–H groups in total. The van der Waals surface area contributed by atoms with Crippen LogP contribution in [0, 0.1) is 5.82 Å². The highest BCUT2D eigenvalue weighted by atomic mass is 35.5. The second kappa shape index (κ2) is 6.04. The molecule has 0 spiro atoms. The Hall–Kier alpha value is -1.58. The van der Waals surface area contributed by atoms with Crippen LogP contribution in [0.3, 0.4) is 0 Å². The van der Waals surface area contributed by atoms with E-state index in [9.17, 15) is 4.39 Å². The minimum absolute atomic E-state index is 0.226. The summed E-state index contributed by atoms with van der Waals surface area (Å²) in [5, 5.41) is 0.596. The van der Waals surface area contributed by atoms with Crippen LogP contribution in [0.25, 0.3) is 0 Å². The Morgan fingerprint density at radius 3 is 2.63 bits per heavy atom. The Morgan fingerprint density at radius 1 is 1.21 bits per heavy atom. The lowest BCUT2D eigenvalue weighted by atomic mass is 9.99. The molecule has 0 aliphatic heterocycles. The first kappa shape index (κ1) is 13.8. The van der Waals surface area contributed by atoms with Gasteiger partial charge in [-0.15, -0.1) is 0 Å². The van der Waals surface area contributed by atoms with Crippen LogP contribution >= 0.6 is 11.6 Å². The Balaban J connectivity index is 2.24. The fourth-order valence-corrected chi connectivity index (χ4v) is 2.27. The predicted molar refractivity (Wildman–Crippen MR) is 75.0 cm³/mol. The van der Waals surface area contributed by atoms with Crippen LogP contribution in [-0.4, -0.2) is 7.11 Å². The minimum atomic E-state index is -0.368. The molecule has 1 atom stereocenters. The van der Waals surface area contributed by atoms with E-state index in [-0.39, 0.29) is 17.6 Å². The van der Waals surface area contributed by atoms with Crippen molar-refractivity contribution in [3.63, 3.8) is 0 Å². The third-order valence-electron chi connectivity index (χ3n) is 3.01. The van der Waals surface area contributed by atoms with Gasteiger partial charge in [0.05, 0.1) is 7.11 Å². The lowest BCUT2D eigenvalue weighted by Crippen LogP contribution is -2.14. The fraction of sp³-hybridized carbons (Fsp3) is 0.200. The van der Waals surface area contributed by atoms with Gasteiger partial charge in [0.2, 0.25) is 0 Å². The molecule has 19 heavy (non-hydrogen) atoms. The second-order valence-electron chi connectivity index (χ2n) is 4.27. The smallest absolute Gasteiger partial charge is 0.168 e. The molecular formula is C15H15ClFNO. The van der Waals surface area contributed by atoms with Crippen molar-refractivity contribution in [3.05, 3.63) is 64.4 Å². The van der Waals surface area contributed by atoms with Crippen molar-refractivity contribution in [1.82, 2.24) is 0 Å². The minimum Gasteiger partial charge on any atom is -0.494 e. The largest absolute Gasteiger partial charge is 0.494 e. The maximum absolute atomic E-state index is 14.0. The zero-order valence-corrected chi connectivity index (χ0v) is 11.3. The summed E-state index contributed by atoms with van der Waals surface area (Å²) in [6, 6.07) is 12.0. The van der Waals surface area contributed by atoms with E-state index in [2.05, 4.69) is 0 Å². The van der Waals surface area contributed by atoms with Crippen LogP contribution in [0.1, 0.15) is 17.2 Å². The van der Waals surface area contributed by atoms with E-state index < -0.39 is 0 Å². The highest BCUT2D eigenvalue weighted by Gasteiger charge is 2.15. The molecule has 2 aromatic carbocycles. The van der Waals surface area contributed by atoms with Crippen LogP contribution < -0.4 is 10.5 Å². The summed E-state index contributed by atoms with van der Waals surface area (Å²) in [6.07, 6.45) is 0.368. The first-order valence-electron chi connectivity index (χ1n) is 5.95. The molecule has 0 aliphatic carbocycles. The van der Waals surface area contributed by atoms with Gasteiger partial charge in [0, 0.05) is 11.1 Å². The molecule has 0 saturated heterocycles. The molecule has 0 aliphatic rings. The summed E-state index contributed by atoms with van der Waals surface area (Å²) in [7, 11) is 1.44. The Bertz CT molecular complexity index is 574. The van der Waals surface area contributed by atoms with Gasteiger partial charge in [-0.1, -0.05) is 41.9 Å². The number of methoxy groups -OCH3 is 1. The number of rotatable bonds is 4. The fourth-order valence-electron chi connectivity index (χ4n) is 1.99. The molecule has 0 bridgehead atoms. The summed E-state index contributed by atoms with van der Waals surface area (Å²) in [5.41, 5.74) is 7.43. The van der Waals surface area contributed by atoms with E-state index in [1.54, 1.807) is 24.3 Å². The van der Waals surface area contributed by atoms with Gasteiger partial charge in [0.1, 0.15) is 0 Å². The van der Waals surface area contributed by atoms with Crippen LogP contribution in [0.5, 0.6) is 5.75 Å². The van der Waals surface area contributed by atoms with Crippen molar-refractivity contribution in [2.75, 3.05) is 7.11 Å². The molecule has 0 radical (unpaired) electrons. The first-order valence-corrected chi connectivity index (χ1v) is 6.32. The highest BCUT2D eigenvalue weighted by Crippen LogP contribution is 2.27. The average Bonchev–Trinajstić information content (AvgIpc) is 2.41. The Kier molecular flexibility index (Phi) is 4.40. The number of ether oxygens (including phenoxy) is 1. The van der Waals surface area contributed by atoms with E-state index in [0.29, 0.717) is 17.0 Å². The quantitative estimate of drug-likeness (QED) is 0.925. The number of nitrogens with two attached hydrogens (primary N) is 1. The maximum Gasteiger partial charge on any atom is 0.168 e. The predicted octanol–water partition coefficient (Wildman–Crippen LogP) is 3.73. The molecule has 0 aromatic heterocycles. The van der Waals surface area contributed by atoms with Crippen molar-refractivity contribution in [3.8, 4) is 5.75 Å². The van der Waals surface area contributed by atoms with E-state index >= 15 is 0 Å². The molecule has 2 aromatic rings. The number of hydrogen-bond donors (Lipinski definition) is 1. The molecule has 0 saturated carbocycles. The molecule has 0 heterocycles. The topological polar surface area (TPSA) is 35.2 Å². The molecule has 2 rings (SSSR count). The third-order valence-corrected chi connectivity index (χ3v) is 3.35. The third kappa shape index (κ3) is 3.06. The standard InChI is InChI=1S/C15H15ClFNO/c1-19-14-8-4-5-10(15(14)17)9-13(18)11-6-2-3-7-12(11)16/h2-8,13H,9,18H2,1H3. The average molecular weight is 280 g/mol. The van der Waals surface area contributed by atoms with Crippen LogP contribution in [-0.2, 0) is 6.42 Å². The van der Waals surface area contributed by atoms with E-state index in [1.807, 2.05) is 18.2 Å². The van der Waals surface area contributed by atoms with Crippen LogP contribution in [0.2, 0.25) is 5.02 Å². The Labute approximate surface area is 117 Å². The number of halogens is 2. The van der Waals surface area contributed by atoms with Gasteiger partial charge in [0.15, 0.2) is 11.6 Å².